The molecule has 0 atom stereocenters. The minimum Gasteiger partial charge on any atom is -0.463 e. The second-order valence-electron chi connectivity index (χ2n) is 2.73. The average molecular weight is 190 g/mol. The number of hydrogen-bond acceptors (Lipinski definition) is 3. The third-order valence-corrected chi connectivity index (χ3v) is 1.88. The number of aromatic nitrogens is 2. The fourth-order valence-electron chi connectivity index (χ4n) is 1.23. The van der Waals surface area contributed by atoms with Gasteiger partial charge in [-0.15, -0.1) is 4.68 Å². The maximum Gasteiger partial charge on any atom is 0.435 e. The quantitative estimate of drug-likeness (QED) is 0.670. The molecule has 0 bridgehead atoms. The molecular weight excluding hydrogens is 184 g/mol. The van der Waals surface area contributed by atoms with E-state index in [2.05, 4.69) is 5.10 Å². The molecule has 1 N–H and O–H groups in total. The van der Waals surface area contributed by atoms with Crippen molar-refractivity contribution in [2.24, 2.45) is 0 Å². The zero-order valence-electron chi connectivity index (χ0n) is 7.04. The highest BCUT2D eigenvalue weighted by atomic mass is 16.4. The molecule has 0 amide bonds. The molecule has 5 nitrogen and oxygen atoms in total. The molecule has 2 rings (SSSR count). The molecule has 0 aliphatic rings. The van der Waals surface area contributed by atoms with Crippen LogP contribution in [0.15, 0.2) is 35.3 Å². The lowest BCUT2D eigenvalue weighted by Gasteiger charge is -1.98. The Balaban J connectivity index is 2.89. The molecule has 0 unspecified atom stereocenters. The molecule has 0 spiro atoms. The van der Waals surface area contributed by atoms with E-state index in [9.17, 15) is 9.59 Å². The zero-order valence-corrected chi connectivity index (χ0v) is 7.04. The van der Waals surface area contributed by atoms with Gasteiger partial charge in [0.1, 0.15) is 0 Å². The monoisotopic (exact) mass is 190 g/mol. The lowest BCUT2D eigenvalue weighted by Crippen LogP contribution is -2.28. The Labute approximate surface area is 78.2 Å². The van der Waals surface area contributed by atoms with Crippen LogP contribution in [0.25, 0.3) is 10.8 Å². The maximum atomic E-state index is 11.5. The van der Waals surface area contributed by atoms with Crippen LogP contribution in [0.5, 0.6) is 0 Å². The third-order valence-electron chi connectivity index (χ3n) is 1.88. The summed E-state index contributed by atoms with van der Waals surface area (Å²) in [6, 6.07) is 6.71. The molecule has 0 fully saturated rings. The van der Waals surface area contributed by atoms with Gasteiger partial charge in [-0.3, -0.25) is 4.79 Å². The van der Waals surface area contributed by atoms with Crippen molar-refractivity contribution in [2.75, 3.05) is 0 Å². The van der Waals surface area contributed by atoms with E-state index in [1.165, 1.54) is 6.20 Å². The Morgan fingerprint density at radius 2 is 2.07 bits per heavy atom. The van der Waals surface area contributed by atoms with Crippen LogP contribution >= 0.6 is 0 Å². The van der Waals surface area contributed by atoms with E-state index < -0.39 is 11.7 Å². The van der Waals surface area contributed by atoms with Crippen LogP contribution in [0.4, 0.5) is 4.79 Å². The molecule has 1 heterocycles. The molecule has 70 valence electrons. The molecule has 1 aromatic carbocycles. The highest BCUT2D eigenvalue weighted by Gasteiger charge is 2.07. The van der Waals surface area contributed by atoms with E-state index in [4.69, 9.17) is 5.11 Å². The molecule has 0 aliphatic carbocycles. The highest BCUT2D eigenvalue weighted by molar-refractivity contribution is 5.82. The number of rotatable bonds is 0. The van der Waals surface area contributed by atoms with E-state index in [0.717, 1.165) is 0 Å². The van der Waals surface area contributed by atoms with Crippen LogP contribution in [0.3, 0.4) is 0 Å². The zero-order chi connectivity index (χ0) is 10.1. The number of nitrogens with zero attached hydrogens (tertiary/aromatic N) is 2. The predicted octanol–water partition coefficient (Wildman–Crippen LogP) is 0.923. The number of hydrogen-bond donors (Lipinski definition) is 1. The van der Waals surface area contributed by atoms with Gasteiger partial charge < -0.3 is 5.11 Å². The second kappa shape index (κ2) is 2.95. The molecular formula is C9H6N2O3. The fraction of sp³-hybridized carbons (Fsp3) is 0. The van der Waals surface area contributed by atoms with E-state index in [1.54, 1.807) is 24.3 Å². The summed E-state index contributed by atoms with van der Waals surface area (Å²) >= 11 is 0. The van der Waals surface area contributed by atoms with Crippen molar-refractivity contribution in [3.63, 3.8) is 0 Å². The Morgan fingerprint density at radius 1 is 1.36 bits per heavy atom. The van der Waals surface area contributed by atoms with E-state index in [0.29, 0.717) is 15.5 Å². The summed E-state index contributed by atoms with van der Waals surface area (Å²) in [5.41, 5.74) is -0.615. The van der Waals surface area contributed by atoms with E-state index >= 15 is 0 Å². The summed E-state index contributed by atoms with van der Waals surface area (Å²) in [6.07, 6.45) is -0.0223. The van der Waals surface area contributed by atoms with Crippen molar-refractivity contribution in [1.29, 1.82) is 0 Å². The molecule has 14 heavy (non-hydrogen) atoms. The Hall–Kier alpha value is -2.17. The van der Waals surface area contributed by atoms with Crippen molar-refractivity contribution < 1.29 is 9.90 Å². The molecule has 2 aromatic rings. The van der Waals surface area contributed by atoms with Gasteiger partial charge >= 0.3 is 6.09 Å². The standard InChI is InChI=1S/C9H6N2O3/c12-8-7-4-2-1-3-6(7)5-10-11(8)9(13)14/h1-5H,(H,13,14). The Bertz CT molecular complexity index is 559. The maximum absolute atomic E-state index is 11.5. The molecule has 0 radical (unpaired) electrons. The number of benzene rings is 1. The lowest BCUT2D eigenvalue weighted by molar-refractivity contribution is 0.191. The van der Waals surface area contributed by atoms with Gasteiger partial charge in [0, 0.05) is 5.39 Å². The van der Waals surface area contributed by atoms with Gasteiger partial charge in [0.2, 0.25) is 0 Å². The molecule has 0 aliphatic heterocycles. The SMILES string of the molecule is O=C(O)n1ncc2ccccc2c1=O. The number of carboxylic acid groups (broad SMARTS) is 1. The van der Waals surface area contributed by atoms with Gasteiger partial charge in [-0.25, -0.2) is 4.79 Å². The Kier molecular flexibility index (Phi) is 1.78. The fourth-order valence-corrected chi connectivity index (χ4v) is 1.23. The first-order valence-corrected chi connectivity index (χ1v) is 3.90. The number of fused-ring (bicyclic) bond motifs is 1. The minimum atomic E-state index is -1.37. The van der Waals surface area contributed by atoms with Crippen molar-refractivity contribution in [1.82, 2.24) is 9.78 Å². The molecule has 1 aromatic heterocycles. The minimum absolute atomic E-state index is 0.352. The van der Waals surface area contributed by atoms with Crippen molar-refractivity contribution in [3.05, 3.63) is 40.8 Å². The van der Waals surface area contributed by atoms with Crippen LogP contribution < -0.4 is 5.56 Å². The van der Waals surface area contributed by atoms with Crippen molar-refractivity contribution in [2.45, 2.75) is 0 Å². The van der Waals surface area contributed by atoms with E-state index in [1.807, 2.05) is 0 Å². The van der Waals surface area contributed by atoms with Gasteiger partial charge in [-0.1, -0.05) is 18.2 Å². The van der Waals surface area contributed by atoms with Gasteiger partial charge in [-0.2, -0.15) is 5.10 Å². The first-order valence-electron chi connectivity index (χ1n) is 3.90. The van der Waals surface area contributed by atoms with Crippen LogP contribution in [0, 0.1) is 0 Å². The summed E-state index contributed by atoms with van der Waals surface area (Å²) in [5.74, 6) is 0. The third kappa shape index (κ3) is 1.15. The summed E-state index contributed by atoms with van der Waals surface area (Å²) < 4.78 is 0.419. The smallest absolute Gasteiger partial charge is 0.435 e. The van der Waals surface area contributed by atoms with E-state index in [-0.39, 0.29) is 0 Å². The highest BCUT2D eigenvalue weighted by Crippen LogP contribution is 2.05. The van der Waals surface area contributed by atoms with Crippen molar-refractivity contribution in [3.8, 4) is 0 Å². The molecule has 0 saturated heterocycles. The Morgan fingerprint density at radius 3 is 2.79 bits per heavy atom. The first kappa shape index (κ1) is 8.43. The summed E-state index contributed by atoms with van der Waals surface area (Å²) in [6.45, 7) is 0. The average Bonchev–Trinajstić information content (AvgIpc) is 2.18. The summed E-state index contributed by atoms with van der Waals surface area (Å²) in [4.78, 5) is 22.1. The predicted molar refractivity (Wildman–Crippen MR) is 49.4 cm³/mol. The van der Waals surface area contributed by atoms with Gasteiger partial charge in [0.25, 0.3) is 5.56 Å². The van der Waals surface area contributed by atoms with Crippen LogP contribution in [0.2, 0.25) is 0 Å². The normalized spacial score (nSPS) is 10.3. The van der Waals surface area contributed by atoms with Crippen LogP contribution in [-0.2, 0) is 0 Å². The van der Waals surface area contributed by atoms with Crippen LogP contribution in [-0.4, -0.2) is 21.0 Å². The summed E-state index contributed by atoms with van der Waals surface area (Å²) in [7, 11) is 0. The van der Waals surface area contributed by atoms with Crippen molar-refractivity contribution >= 4 is 16.9 Å². The van der Waals surface area contributed by atoms with Crippen LogP contribution in [0.1, 0.15) is 0 Å². The van der Waals surface area contributed by atoms with Gasteiger partial charge in [-0.05, 0) is 6.07 Å². The largest absolute Gasteiger partial charge is 0.463 e. The molecule has 0 saturated carbocycles. The van der Waals surface area contributed by atoms with Gasteiger partial charge in [0.15, 0.2) is 0 Å². The molecule has 5 heteroatoms. The van der Waals surface area contributed by atoms with Gasteiger partial charge in [0.05, 0.1) is 11.6 Å². The second-order valence-corrected chi connectivity index (χ2v) is 2.73. The topological polar surface area (TPSA) is 72.2 Å². The summed E-state index contributed by atoms with van der Waals surface area (Å²) in [5, 5.41) is 13.1. The first-order chi connectivity index (χ1) is 6.70. The lowest BCUT2D eigenvalue weighted by atomic mass is 10.2. The number of carbonyl (C=O) groups is 1.